The number of hydrogen-bond donors (Lipinski definition) is 2. The van der Waals surface area contributed by atoms with Crippen molar-refractivity contribution in [2.24, 2.45) is 0 Å². The van der Waals surface area contributed by atoms with Gasteiger partial charge < -0.3 is 24.3 Å². The van der Waals surface area contributed by atoms with E-state index in [0.29, 0.717) is 48.7 Å². The van der Waals surface area contributed by atoms with E-state index in [2.05, 4.69) is 22.4 Å². The van der Waals surface area contributed by atoms with Crippen LogP contribution in [-0.2, 0) is 28.8 Å². The summed E-state index contributed by atoms with van der Waals surface area (Å²) in [6.45, 7) is 4.43. The Morgan fingerprint density at radius 3 is 2.95 bits per heavy atom. The second kappa shape index (κ2) is 13.4. The van der Waals surface area contributed by atoms with Crippen LogP contribution in [0.4, 0.5) is 10.2 Å². The fourth-order valence-corrected chi connectivity index (χ4v) is 5.83. The summed E-state index contributed by atoms with van der Waals surface area (Å²) in [5.41, 5.74) is 4.03. The van der Waals surface area contributed by atoms with Crippen LogP contribution in [0.3, 0.4) is 0 Å². The van der Waals surface area contributed by atoms with Gasteiger partial charge in [0.25, 0.3) is 0 Å². The second-order valence-electron chi connectivity index (χ2n) is 10.9. The number of benzene rings is 1. The first-order valence-electron chi connectivity index (χ1n) is 14.5. The summed E-state index contributed by atoms with van der Waals surface area (Å²) in [5, 5.41) is 13.6. The van der Waals surface area contributed by atoms with E-state index in [-0.39, 0.29) is 11.9 Å². The highest BCUT2D eigenvalue weighted by Crippen LogP contribution is 2.36. The minimum atomic E-state index is -1.05. The highest BCUT2D eigenvalue weighted by molar-refractivity contribution is 5.77. The van der Waals surface area contributed by atoms with Gasteiger partial charge in [0.2, 0.25) is 0 Å². The van der Waals surface area contributed by atoms with Gasteiger partial charge in [0.15, 0.2) is 18.0 Å². The Labute approximate surface area is 240 Å². The number of nitrogens with one attached hydrogen (secondary N) is 1. The van der Waals surface area contributed by atoms with Crippen LogP contribution < -0.4 is 10.1 Å². The molecule has 0 amide bonds. The zero-order valence-corrected chi connectivity index (χ0v) is 23.8. The molecule has 3 aromatic rings. The van der Waals surface area contributed by atoms with Gasteiger partial charge in [-0.3, -0.25) is 9.69 Å². The molecule has 0 radical (unpaired) electrons. The number of aromatic nitrogens is 2. The topological polar surface area (TPSA) is 110 Å². The maximum atomic E-state index is 15.1. The van der Waals surface area contributed by atoms with Crippen molar-refractivity contribution in [2.75, 3.05) is 38.7 Å². The number of carboxylic acid groups (broad SMARTS) is 1. The Balaban J connectivity index is 1.13. The number of methoxy groups -OCH3 is 1. The molecule has 1 fully saturated rings. The molecular formula is C31H39FN4O5. The minimum Gasteiger partial charge on any atom is -0.493 e. The molecule has 1 saturated heterocycles. The van der Waals surface area contributed by atoms with Crippen molar-refractivity contribution in [1.29, 1.82) is 0 Å². The van der Waals surface area contributed by atoms with E-state index in [0.717, 1.165) is 63.0 Å². The molecule has 10 heteroatoms. The summed E-state index contributed by atoms with van der Waals surface area (Å²) < 4.78 is 31.9. The smallest absolute Gasteiger partial charge is 0.325 e. The molecule has 4 heterocycles. The van der Waals surface area contributed by atoms with Crippen LogP contribution in [0.1, 0.15) is 72.0 Å². The van der Waals surface area contributed by atoms with Crippen molar-refractivity contribution in [3.05, 3.63) is 70.3 Å². The first-order chi connectivity index (χ1) is 19.9. The average molecular weight is 567 g/mol. The van der Waals surface area contributed by atoms with E-state index in [9.17, 15) is 9.90 Å². The van der Waals surface area contributed by atoms with Crippen LogP contribution in [-0.4, -0.2) is 65.4 Å². The van der Waals surface area contributed by atoms with Crippen LogP contribution in [0.2, 0.25) is 0 Å². The predicted molar refractivity (Wildman–Crippen MR) is 152 cm³/mol. The summed E-state index contributed by atoms with van der Waals surface area (Å²) in [5.74, 6) is -0.0545. The first-order valence-corrected chi connectivity index (χ1v) is 14.5. The summed E-state index contributed by atoms with van der Waals surface area (Å²) in [6.07, 6.45) is 8.52. The lowest BCUT2D eigenvalue weighted by molar-refractivity contribution is -0.143. The molecule has 9 nitrogen and oxygen atoms in total. The zero-order chi connectivity index (χ0) is 28.8. The normalized spacial score (nSPS) is 17.7. The average Bonchev–Trinajstić information content (AvgIpc) is 3.59. The molecule has 0 bridgehead atoms. The number of oxazole rings is 1. The van der Waals surface area contributed by atoms with E-state index in [1.807, 2.05) is 11.8 Å². The van der Waals surface area contributed by atoms with Crippen molar-refractivity contribution in [2.45, 2.75) is 70.4 Å². The predicted octanol–water partition coefficient (Wildman–Crippen LogP) is 5.10. The number of pyridine rings is 1. The van der Waals surface area contributed by atoms with Crippen molar-refractivity contribution < 1.29 is 28.2 Å². The molecule has 5 rings (SSSR count). The molecule has 0 unspecified atom stereocenters. The summed E-state index contributed by atoms with van der Waals surface area (Å²) in [4.78, 5) is 23.2. The molecule has 2 aliphatic heterocycles. The monoisotopic (exact) mass is 566 g/mol. The Morgan fingerprint density at radius 2 is 2.17 bits per heavy atom. The van der Waals surface area contributed by atoms with Crippen molar-refractivity contribution in [3.8, 4) is 5.75 Å². The van der Waals surface area contributed by atoms with E-state index >= 15 is 4.39 Å². The zero-order valence-electron chi connectivity index (χ0n) is 23.8. The summed E-state index contributed by atoms with van der Waals surface area (Å²) in [6, 6.07) is 6.34. The maximum absolute atomic E-state index is 15.1. The van der Waals surface area contributed by atoms with Gasteiger partial charge in [-0.25, -0.2) is 14.4 Å². The van der Waals surface area contributed by atoms with E-state index in [4.69, 9.17) is 18.9 Å². The Morgan fingerprint density at radius 1 is 1.29 bits per heavy atom. The van der Waals surface area contributed by atoms with Crippen LogP contribution in [0.15, 0.2) is 35.1 Å². The lowest BCUT2D eigenvalue weighted by atomic mass is 9.98. The lowest BCUT2D eigenvalue weighted by Crippen LogP contribution is -2.34. The number of aryl methyl sites for hydroxylation is 3. The number of halogens is 1. The number of fused-ring (bicyclic) bond motifs is 1. The van der Waals surface area contributed by atoms with Gasteiger partial charge in [-0.1, -0.05) is 12.5 Å². The molecule has 220 valence electrons. The maximum Gasteiger partial charge on any atom is 0.325 e. The Kier molecular flexibility index (Phi) is 9.51. The fourth-order valence-electron chi connectivity index (χ4n) is 5.83. The van der Waals surface area contributed by atoms with E-state index < -0.39 is 17.8 Å². The number of anilines is 1. The van der Waals surface area contributed by atoms with Crippen molar-refractivity contribution in [1.82, 2.24) is 14.9 Å². The van der Waals surface area contributed by atoms with Gasteiger partial charge in [-0.05, 0) is 74.8 Å². The number of hydrogen-bond acceptors (Lipinski definition) is 8. The van der Waals surface area contributed by atoms with E-state index in [1.165, 1.54) is 25.1 Å². The highest BCUT2D eigenvalue weighted by Gasteiger charge is 2.36. The molecule has 2 atom stereocenters. The van der Waals surface area contributed by atoms with Gasteiger partial charge in [0.1, 0.15) is 17.6 Å². The number of unbranched alkanes of at least 4 members (excludes halogenated alkanes) is 2. The SMILES string of the molecule is COc1c(F)cc(Cc2ocnc2C)cc1[C@H](C(=O)O)N1CC[C@@H](OCCCCCc2ccc3c(n2)NCCC3)C1. The fraction of sp³-hybridized carbons (Fsp3) is 0.516. The second-order valence-corrected chi connectivity index (χ2v) is 10.9. The number of carboxylic acids is 1. The third-order valence-electron chi connectivity index (χ3n) is 8.00. The van der Waals surface area contributed by atoms with Crippen LogP contribution >= 0.6 is 0 Å². The standard InChI is InChI=1S/C31H39FN4O5/c1-20-27(41-19-34-20)17-21-15-25(29(39-2)26(32)16-21)28(31(37)38)36-13-11-24(18-36)40-14-5-3-4-8-23-10-9-22-7-6-12-33-30(22)35-23/h9-10,15-16,19,24,28H,3-8,11-14,17-18H2,1-2H3,(H,33,35)(H,37,38)/t24-,28-/m1/s1. The molecular weight excluding hydrogens is 527 g/mol. The Bertz CT molecular complexity index is 1350. The third kappa shape index (κ3) is 7.05. The molecule has 1 aromatic carbocycles. The molecule has 0 saturated carbocycles. The lowest BCUT2D eigenvalue weighted by Gasteiger charge is -2.26. The van der Waals surface area contributed by atoms with Gasteiger partial charge in [0, 0.05) is 43.9 Å². The summed E-state index contributed by atoms with van der Waals surface area (Å²) in [7, 11) is 1.36. The van der Waals surface area contributed by atoms with Gasteiger partial charge in [0.05, 0.1) is 18.9 Å². The number of aliphatic carboxylic acids is 1. The minimum absolute atomic E-state index is 0.0518. The van der Waals surface area contributed by atoms with Gasteiger partial charge in [-0.15, -0.1) is 0 Å². The van der Waals surface area contributed by atoms with Crippen LogP contribution in [0.5, 0.6) is 5.75 Å². The van der Waals surface area contributed by atoms with Crippen LogP contribution in [0.25, 0.3) is 0 Å². The largest absolute Gasteiger partial charge is 0.493 e. The summed E-state index contributed by atoms with van der Waals surface area (Å²) >= 11 is 0. The quantitative estimate of drug-likeness (QED) is 0.273. The molecule has 2 aliphatic rings. The molecule has 2 aromatic heterocycles. The van der Waals surface area contributed by atoms with Gasteiger partial charge >= 0.3 is 5.97 Å². The molecule has 41 heavy (non-hydrogen) atoms. The Hall–Kier alpha value is -3.50. The van der Waals surface area contributed by atoms with E-state index in [1.54, 1.807) is 6.07 Å². The first kappa shape index (κ1) is 29.0. The number of likely N-dealkylation sites (tertiary alicyclic amines) is 1. The highest BCUT2D eigenvalue weighted by atomic mass is 19.1. The molecule has 0 aliphatic carbocycles. The van der Waals surface area contributed by atoms with Crippen molar-refractivity contribution in [3.63, 3.8) is 0 Å². The molecule has 0 spiro atoms. The van der Waals surface area contributed by atoms with Crippen molar-refractivity contribution >= 4 is 11.8 Å². The van der Waals surface area contributed by atoms with Crippen LogP contribution in [0, 0.1) is 12.7 Å². The number of nitrogens with zero attached hydrogens (tertiary/aromatic N) is 3. The number of rotatable bonds is 13. The van der Waals surface area contributed by atoms with Gasteiger partial charge in [-0.2, -0.15) is 0 Å². The number of carbonyl (C=O) groups is 1. The number of ether oxygens (including phenoxy) is 2. The third-order valence-corrected chi connectivity index (χ3v) is 8.00. The molecule has 2 N–H and O–H groups in total.